The molecule has 0 atom stereocenters. The number of nitrogens with two attached hydrogens (primary N) is 1. The molecule has 1 aromatic carbocycles. The van der Waals surface area contributed by atoms with Crippen molar-refractivity contribution in [1.82, 2.24) is 10.6 Å². The average Bonchev–Trinajstić information content (AvgIpc) is 2.24. The van der Waals surface area contributed by atoms with Crippen LogP contribution in [0.15, 0.2) is 18.2 Å². The van der Waals surface area contributed by atoms with Gasteiger partial charge in [-0.1, -0.05) is 12.1 Å². The fourth-order valence-electron chi connectivity index (χ4n) is 1.50. The molecular formula is C12H17N3O2. The molecule has 5 nitrogen and oxygen atoms in total. The van der Waals surface area contributed by atoms with Gasteiger partial charge >= 0.3 is 0 Å². The SMILES string of the molecule is CC(=O)NCCNC(=O)c1c(C)cccc1N. The van der Waals surface area contributed by atoms with E-state index in [9.17, 15) is 9.59 Å². The Labute approximate surface area is 100 Å². The summed E-state index contributed by atoms with van der Waals surface area (Å²) in [5.41, 5.74) is 7.54. The average molecular weight is 235 g/mol. The third kappa shape index (κ3) is 3.79. The summed E-state index contributed by atoms with van der Waals surface area (Å²) in [7, 11) is 0. The lowest BCUT2D eigenvalue weighted by molar-refractivity contribution is -0.118. The third-order valence-corrected chi connectivity index (χ3v) is 2.32. The summed E-state index contributed by atoms with van der Waals surface area (Å²) >= 11 is 0. The number of hydrogen-bond donors (Lipinski definition) is 3. The minimum atomic E-state index is -0.217. The molecule has 0 radical (unpaired) electrons. The number of nitrogen functional groups attached to an aromatic ring is 1. The number of rotatable bonds is 4. The van der Waals surface area contributed by atoms with Crippen molar-refractivity contribution in [3.8, 4) is 0 Å². The molecule has 0 spiro atoms. The molecule has 0 unspecified atom stereocenters. The van der Waals surface area contributed by atoms with Gasteiger partial charge in [-0.25, -0.2) is 0 Å². The second kappa shape index (κ2) is 5.89. The molecule has 1 aromatic rings. The number of carbonyl (C=O) groups excluding carboxylic acids is 2. The van der Waals surface area contributed by atoms with Crippen molar-refractivity contribution in [3.05, 3.63) is 29.3 Å². The molecule has 0 aliphatic heterocycles. The van der Waals surface area contributed by atoms with Crippen LogP contribution in [0.3, 0.4) is 0 Å². The zero-order valence-corrected chi connectivity index (χ0v) is 10.0. The highest BCUT2D eigenvalue weighted by Crippen LogP contribution is 2.15. The maximum atomic E-state index is 11.8. The largest absolute Gasteiger partial charge is 0.398 e. The van der Waals surface area contributed by atoms with Crippen LogP contribution in [0.5, 0.6) is 0 Å². The van der Waals surface area contributed by atoms with E-state index in [0.29, 0.717) is 24.3 Å². The van der Waals surface area contributed by atoms with Crippen molar-refractivity contribution in [2.45, 2.75) is 13.8 Å². The summed E-state index contributed by atoms with van der Waals surface area (Å²) in [5.74, 6) is -0.333. The maximum Gasteiger partial charge on any atom is 0.253 e. The second-order valence-electron chi connectivity index (χ2n) is 3.78. The zero-order valence-electron chi connectivity index (χ0n) is 10.0. The molecule has 0 heterocycles. The lowest BCUT2D eigenvalue weighted by Gasteiger charge is -2.10. The Morgan fingerprint density at radius 2 is 1.88 bits per heavy atom. The molecule has 0 saturated heterocycles. The molecule has 0 aliphatic carbocycles. The highest BCUT2D eigenvalue weighted by molar-refractivity contribution is 6.00. The summed E-state index contributed by atoms with van der Waals surface area (Å²) in [6, 6.07) is 5.33. The number of anilines is 1. The highest BCUT2D eigenvalue weighted by atomic mass is 16.2. The summed E-state index contributed by atoms with van der Waals surface area (Å²) < 4.78 is 0. The standard InChI is InChI=1S/C12H17N3O2/c1-8-4-3-5-10(13)11(8)12(17)15-7-6-14-9(2)16/h3-5H,6-7,13H2,1-2H3,(H,14,16)(H,15,17). The molecule has 0 fully saturated rings. The van der Waals surface area contributed by atoms with Gasteiger partial charge in [-0.05, 0) is 18.6 Å². The monoisotopic (exact) mass is 235 g/mol. The maximum absolute atomic E-state index is 11.8. The number of nitrogens with one attached hydrogen (secondary N) is 2. The molecule has 92 valence electrons. The minimum Gasteiger partial charge on any atom is -0.398 e. The van der Waals surface area contributed by atoms with Gasteiger partial charge < -0.3 is 16.4 Å². The molecule has 0 aliphatic rings. The Hall–Kier alpha value is -2.04. The molecule has 0 saturated carbocycles. The molecule has 4 N–H and O–H groups in total. The van der Waals surface area contributed by atoms with Gasteiger partial charge in [0.25, 0.3) is 5.91 Å². The van der Waals surface area contributed by atoms with Gasteiger partial charge in [-0.2, -0.15) is 0 Å². The van der Waals surface area contributed by atoms with Gasteiger partial charge in [0, 0.05) is 25.7 Å². The van der Waals surface area contributed by atoms with E-state index in [2.05, 4.69) is 10.6 Å². The van der Waals surface area contributed by atoms with Gasteiger partial charge in [0.05, 0.1) is 5.56 Å². The Morgan fingerprint density at radius 1 is 1.24 bits per heavy atom. The molecule has 0 bridgehead atoms. The first kappa shape index (κ1) is 13.0. The van der Waals surface area contributed by atoms with Gasteiger partial charge in [0.1, 0.15) is 0 Å². The van der Waals surface area contributed by atoms with Crippen LogP contribution >= 0.6 is 0 Å². The minimum absolute atomic E-state index is 0.116. The van der Waals surface area contributed by atoms with Crippen LogP contribution in [0.25, 0.3) is 0 Å². The molecular weight excluding hydrogens is 218 g/mol. The van der Waals surface area contributed by atoms with E-state index in [1.165, 1.54) is 6.92 Å². The second-order valence-corrected chi connectivity index (χ2v) is 3.78. The molecule has 0 aromatic heterocycles. The van der Waals surface area contributed by atoms with Crippen molar-refractivity contribution >= 4 is 17.5 Å². The van der Waals surface area contributed by atoms with Crippen molar-refractivity contribution in [3.63, 3.8) is 0 Å². The first-order valence-corrected chi connectivity index (χ1v) is 5.40. The number of hydrogen-bond acceptors (Lipinski definition) is 3. The van der Waals surface area contributed by atoms with Crippen LogP contribution in [-0.4, -0.2) is 24.9 Å². The van der Waals surface area contributed by atoms with Crippen LogP contribution < -0.4 is 16.4 Å². The van der Waals surface area contributed by atoms with Crippen molar-refractivity contribution in [2.75, 3.05) is 18.8 Å². The van der Waals surface area contributed by atoms with E-state index in [1.807, 2.05) is 13.0 Å². The fourth-order valence-corrected chi connectivity index (χ4v) is 1.50. The molecule has 17 heavy (non-hydrogen) atoms. The van der Waals surface area contributed by atoms with E-state index >= 15 is 0 Å². The van der Waals surface area contributed by atoms with E-state index in [0.717, 1.165) is 5.56 Å². The smallest absolute Gasteiger partial charge is 0.253 e. The Kier molecular flexibility index (Phi) is 4.51. The van der Waals surface area contributed by atoms with Crippen LogP contribution in [0.1, 0.15) is 22.8 Å². The Balaban J connectivity index is 2.55. The molecule has 1 rings (SSSR count). The number of amides is 2. The lowest BCUT2D eigenvalue weighted by atomic mass is 10.1. The Bertz CT molecular complexity index is 410. The number of benzene rings is 1. The first-order valence-electron chi connectivity index (χ1n) is 5.40. The molecule has 2 amide bonds. The van der Waals surface area contributed by atoms with E-state index in [-0.39, 0.29) is 11.8 Å². The van der Waals surface area contributed by atoms with E-state index in [1.54, 1.807) is 12.1 Å². The third-order valence-electron chi connectivity index (χ3n) is 2.32. The van der Waals surface area contributed by atoms with Crippen LogP contribution in [0.4, 0.5) is 5.69 Å². The number of aryl methyl sites for hydroxylation is 1. The quantitative estimate of drug-likeness (QED) is 0.523. The van der Waals surface area contributed by atoms with Crippen LogP contribution in [-0.2, 0) is 4.79 Å². The Morgan fingerprint density at radius 3 is 2.47 bits per heavy atom. The topological polar surface area (TPSA) is 84.2 Å². The molecule has 5 heteroatoms. The summed E-state index contributed by atoms with van der Waals surface area (Å²) in [6.07, 6.45) is 0. The zero-order chi connectivity index (χ0) is 12.8. The predicted octanol–water partition coefficient (Wildman–Crippen LogP) is 0.443. The normalized spacial score (nSPS) is 9.76. The van der Waals surface area contributed by atoms with E-state index < -0.39 is 0 Å². The van der Waals surface area contributed by atoms with Crippen LogP contribution in [0.2, 0.25) is 0 Å². The fraction of sp³-hybridized carbons (Fsp3) is 0.333. The van der Waals surface area contributed by atoms with Crippen molar-refractivity contribution in [2.24, 2.45) is 0 Å². The lowest BCUT2D eigenvalue weighted by Crippen LogP contribution is -2.34. The first-order chi connectivity index (χ1) is 8.02. The summed E-state index contributed by atoms with van der Waals surface area (Å²) in [4.78, 5) is 22.5. The predicted molar refractivity (Wildman–Crippen MR) is 66.6 cm³/mol. The van der Waals surface area contributed by atoms with Gasteiger partial charge in [-0.3, -0.25) is 9.59 Å². The van der Waals surface area contributed by atoms with Gasteiger partial charge in [0.15, 0.2) is 0 Å². The van der Waals surface area contributed by atoms with Gasteiger partial charge in [-0.15, -0.1) is 0 Å². The van der Waals surface area contributed by atoms with Gasteiger partial charge in [0.2, 0.25) is 5.91 Å². The van der Waals surface area contributed by atoms with Crippen LogP contribution in [0, 0.1) is 6.92 Å². The van der Waals surface area contributed by atoms with E-state index in [4.69, 9.17) is 5.73 Å². The summed E-state index contributed by atoms with van der Waals surface area (Å²) in [6.45, 7) is 4.05. The number of carbonyl (C=O) groups is 2. The highest BCUT2D eigenvalue weighted by Gasteiger charge is 2.11. The summed E-state index contributed by atoms with van der Waals surface area (Å²) in [5, 5.41) is 5.30. The van der Waals surface area contributed by atoms with Crippen molar-refractivity contribution in [1.29, 1.82) is 0 Å². The van der Waals surface area contributed by atoms with Crippen molar-refractivity contribution < 1.29 is 9.59 Å².